The SMILES string of the molecule is CCN1CCCC(C(C)NC2CCCCC2SC)C1. The maximum absolute atomic E-state index is 3.99. The molecule has 2 fully saturated rings. The zero-order chi connectivity index (χ0) is 13.7. The molecule has 1 aliphatic carbocycles. The van der Waals surface area contributed by atoms with E-state index in [0.29, 0.717) is 6.04 Å². The number of nitrogens with one attached hydrogen (secondary N) is 1. The highest BCUT2D eigenvalue weighted by atomic mass is 32.2. The Kier molecular flexibility index (Phi) is 6.51. The summed E-state index contributed by atoms with van der Waals surface area (Å²) in [4.78, 5) is 2.62. The third kappa shape index (κ3) is 4.37. The molecule has 0 amide bonds. The van der Waals surface area contributed by atoms with Crippen molar-refractivity contribution in [3.05, 3.63) is 0 Å². The summed E-state index contributed by atoms with van der Waals surface area (Å²) in [7, 11) is 0. The van der Waals surface area contributed by atoms with Crippen molar-refractivity contribution in [1.29, 1.82) is 0 Å². The number of hydrogen-bond acceptors (Lipinski definition) is 3. The highest BCUT2D eigenvalue weighted by molar-refractivity contribution is 7.99. The molecule has 1 N–H and O–H groups in total. The fraction of sp³-hybridized carbons (Fsp3) is 1.00. The Bertz CT molecular complexity index is 259. The van der Waals surface area contributed by atoms with Gasteiger partial charge in [-0.15, -0.1) is 0 Å². The van der Waals surface area contributed by atoms with Crippen LogP contribution in [-0.4, -0.2) is 48.1 Å². The van der Waals surface area contributed by atoms with Gasteiger partial charge in [0.05, 0.1) is 0 Å². The molecule has 0 aromatic heterocycles. The molecule has 1 heterocycles. The van der Waals surface area contributed by atoms with Crippen LogP contribution in [0.25, 0.3) is 0 Å². The van der Waals surface area contributed by atoms with E-state index in [0.717, 1.165) is 17.2 Å². The molecule has 0 bridgehead atoms. The van der Waals surface area contributed by atoms with E-state index in [1.165, 1.54) is 58.2 Å². The van der Waals surface area contributed by atoms with Gasteiger partial charge in [0.2, 0.25) is 0 Å². The zero-order valence-corrected chi connectivity index (χ0v) is 13.8. The third-order valence-electron chi connectivity index (χ3n) is 5.18. The first kappa shape index (κ1) is 15.7. The van der Waals surface area contributed by atoms with Crippen molar-refractivity contribution in [2.24, 2.45) is 5.92 Å². The molecular weight excluding hydrogens is 252 g/mol. The van der Waals surface area contributed by atoms with Crippen molar-refractivity contribution in [2.75, 3.05) is 25.9 Å². The highest BCUT2D eigenvalue weighted by Gasteiger charge is 2.29. The molecule has 1 saturated carbocycles. The summed E-state index contributed by atoms with van der Waals surface area (Å²) in [6, 6.07) is 1.45. The lowest BCUT2D eigenvalue weighted by molar-refractivity contribution is 0.149. The molecule has 112 valence electrons. The second-order valence-electron chi connectivity index (χ2n) is 6.42. The van der Waals surface area contributed by atoms with Gasteiger partial charge in [-0.2, -0.15) is 11.8 Å². The lowest BCUT2D eigenvalue weighted by atomic mass is 9.88. The van der Waals surface area contributed by atoms with Gasteiger partial charge in [-0.1, -0.05) is 19.8 Å². The van der Waals surface area contributed by atoms with E-state index in [1.807, 2.05) is 0 Å². The summed E-state index contributed by atoms with van der Waals surface area (Å²) in [6.07, 6.45) is 10.8. The van der Waals surface area contributed by atoms with Crippen LogP contribution >= 0.6 is 11.8 Å². The quantitative estimate of drug-likeness (QED) is 0.833. The predicted octanol–water partition coefficient (Wildman–Crippen LogP) is 3.37. The van der Waals surface area contributed by atoms with Crippen LogP contribution in [0.1, 0.15) is 52.4 Å². The number of nitrogens with zero attached hydrogens (tertiary/aromatic N) is 1. The molecule has 2 aliphatic rings. The lowest BCUT2D eigenvalue weighted by Crippen LogP contribution is -2.50. The topological polar surface area (TPSA) is 15.3 Å². The van der Waals surface area contributed by atoms with Crippen LogP contribution < -0.4 is 5.32 Å². The molecule has 4 atom stereocenters. The summed E-state index contributed by atoms with van der Waals surface area (Å²) >= 11 is 2.07. The van der Waals surface area contributed by atoms with Crippen LogP contribution in [-0.2, 0) is 0 Å². The van der Waals surface area contributed by atoms with Crippen molar-refractivity contribution in [2.45, 2.75) is 69.7 Å². The van der Waals surface area contributed by atoms with E-state index < -0.39 is 0 Å². The molecule has 2 nitrogen and oxygen atoms in total. The number of rotatable bonds is 5. The highest BCUT2D eigenvalue weighted by Crippen LogP contribution is 2.29. The maximum atomic E-state index is 3.99. The van der Waals surface area contributed by atoms with Gasteiger partial charge in [0.1, 0.15) is 0 Å². The minimum absolute atomic E-state index is 0.687. The van der Waals surface area contributed by atoms with Crippen LogP contribution in [0.2, 0.25) is 0 Å². The predicted molar refractivity (Wildman–Crippen MR) is 87.0 cm³/mol. The molecule has 0 radical (unpaired) electrons. The van der Waals surface area contributed by atoms with Crippen LogP contribution in [0, 0.1) is 5.92 Å². The van der Waals surface area contributed by atoms with Gasteiger partial charge in [-0.25, -0.2) is 0 Å². The van der Waals surface area contributed by atoms with Gasteiger partial charge in [-0.3, -0.25) is 0 Å². The van der Waals surface area contributed by atoms with Gasteiger partial charge >= 0.3 is 0 Å². The van der Waals surface area contributed by atoms with Crippen LogP contribution in [0.15, 0.2) is 0 Å². The molecule has 3 heteroatoms. The number of hydrogen-bond donors (Lipinski definition) is 1. The first-order valence-corrected chi connectivity index (χ1v) is 9.54. The molecule has 19 heavy (non-hydrogen) atoms. The summed E-state index contributed by atoms with van der Waals surface area (Å²) in [5, 5.41) is 4.84. The summed E-state index contributed by atoms with van der Waals surface area (Å²) in [5.41, 5.74) is 0. The minimum atomic E-state index is 0.687. The number of likely N-dealkylation sites (tertiary alicyclic amines) is 1. The van der Waals surface area contributed by atoms with Crippen molar-refractivity contribution in [3.63, 3.8) is 0 Å². The Morgan fingerprint density at radius 1 is 1.21 bits per heavy atom. The van der Waals surface area contributed by atoms with Gasteiger partial charge in [0.15, 0.2) is 0 Å². The smallest absolute Gasteiger partial charge is 0.0198 e. The first-order chi connectivity index (χ1) is 9.24. The summed E-state index contributed by atoms with van der Waals surface area (Å²) in [5.74, 6) is 0.859. The molecule has 0 spiro atoms. The average Bonchev–Trinajstić information content (AvgIpc) is 2.47. The largest absolute Gasteiger partial charge is 0.310 e. The van der Waals surface area contributed by atoms with E-state index in [4.69, 9.17) is 0 Å². The van der Waals surface area contributed by atoms with Crippen molar-refractivity contribution < 1.29 is 0 Å². The monoisotopic (exact) mass is 284 g/mol. The van der Waals surface area contributed by atoms with Gasteiger partial charge in [0, 0.05) is 23.9 Å². The maximum Gasteiger partial charge on any atom is 0.0198 e. The van der Waals surface area contributed by atoms with E-state index in [9.17, 15) is 0 Å². The van der Waals surface area contributed by atoms with Gasteiger partial charge < -0.3 is 10.2 Å². The van der Waals surface area contributed by atoms with Gasteiger partial charge in [0.25, 0.3) is 0 Å². The molecule has 1 aliphatic heterocycles. The average molecular weight is 285 g/mol. The zero-order valence-electron chi connectivity index (χ0n) is 13.0. The van der Waals surface area contributed by atoms with Crippen molar-refractivity contribution >= 4 is 11.8 Å². The summed E-state index contributed by atoms with van der Waals surface area (Å²) in [6.45, 7) is 8.57. The second-order valence-corrected chi connectivity index (χ2v) is 7.49. The van der Waals surface area contributed by atoms with Crippen LogP contribution in [0.3, 0.4) is 0 Å². The van der Waals surface area contributed by atoms with Crippen LogP contribution in [0.5, 0.6) is 0 Å². The van der Waals surface area contributed by atoms with E-state index in [-0.39, 0.29) is 0 Å². The fourth-order valence-corrected chi connectivity index (χ4v) is 4.78. The molecule has 1 saturated heterocycles. The van der Waals surface area contributed by atoms with E-state index in [1.54, 1.807) is 0 Å². The molecular formula is C16H32N2S. The normalized spacial score (nSPS) is 35.2. The Morgan fingerprint density at radius 3 is 2.74 bits per heavy atom. The Morgan fingerprint density at radius 2 is 2.00 bits per heavy atom. The van der Waals surface area contributed by atoms with Crippen molar-refractivity contribution in [1.82, 2.24) is 10.2 Å². The standard InChI is InChI=1S/C16H32N2S/c1-4-18-11-7-8-14(12-18)13(2)17-15-9-5-6-10-16(15)19-3/h13-17H,4-12H2,1-3H3. The fourth-order valence-electron chi connectivity index (χ4n) is 3.83. The molecule has 2 rings (SSSR count). The molecule has 4 unspecified atom stereocenters. The summed E-state index contributed by atoms with van der Waals surface area (Å²) < 4.78 is 0. The Labute approximate surface area is 124 Å². The first-order valence-electron chi connectivity index (χ1n) is 8.25. The van der Waals surface area contributed by atoms with Gasteiger partial charge in [-0.05, 0) is 57.9 Å². The minimum Gasteiger partial charge on any atom is -0.310 e. The molecule has 0 aromatic rings. The van der Waals surface area contributed by atoms with E-state index in [2.05, 4.69) is 42.1 Å². The third-order valence-corrected chi connectivity index (χ3v) is 6.35. The number of piperidine rings is 1. The number of thioether (sulfide) groups is 1. The Hall–Kier alpha value is 0.270. The second kappa shape index (κ2) is 7.90. The van der Waals surface area contributed by atoms with E-state index >= 15 is 0 Å². The van der Waals surface area contributed by atoms with Crippen molar-refractivity contribution in [3.8, 4) is 0 Å². The lowest BCUT2D eigenvalue weighted by Gasteiger charge is -2.39. The Balaban J connectivity index is 1.83. The van der Waals surface area contributed by atoms with Crippen LogP contribution in [0.4, 0.5) is 0 Å². The molecule has 0 aromatic carbocycles.